The standard InChI is InChI=1S/C19H27NO3S/c1-23-7-8-24(22)13-15-3-2-4-18(11-15)20-19(21)12-17-10-14-5-6-16(17)9-14/h2-4,11,14,16-17H,5-10,12-13H2,1H3,(H,20,21)/t14-,16-,17-,24-/m0/s1. The normalized spacial score (nSPS) is 26.5. The molecule has 2 aliphatic carbocycles. The van der Waals surface area contributed by atoms with Gasteiger partial charge in [0.25, 0.3) is 0 Å². The number of hydrogen-bond donors (Lipinski definition) is 1. The smallest absolute Gasteiger partial charge is 0.224 e. The third-order valence-electron chi connectivity index (χ3n) is 5.39. The molecule has 4 atom stereocenters. The predicted octanol–water partition coefficient (Wildman–Crippen LogP) is 3.35. The number of rotatable bonds is 8. The lowest BCUT2D eigenvalue weighted by Gasteiger charge is -2.21. The summed E-state index contributed by atoms with van der Waals surface area (Å²) in [5.41, 5.74) is 1.80. The zero-order chi connectivity index (χ0) is 16.9. The van der Waals surface area contributed by atoms with Gasteiger partial charge in [0, 0.05) is 41.5 Å². The molecule has 2 bridgehead atoms. The van der Waals surface area contributed by atoms with E-state index in [9.17, 15) is 9.00 Å². The van der Waals surface area contributed by atoms with Crippen molar-refractivity contribution in [2.24, 2.45) is 17.8 Å². The fourth-order valence-electron chi connectivity index (χ4n) is 4.25. The molecule has 24 heavy (non-hydrogen) atoms. The average Bonchev–Trinajstić information content (AvgIpc) is 3.16. The van der Waals surface area contributed by atoms with Crippen LogP contribution in [0.25, 0.3) is 0 Å². The molecule has 5 heteroatoms. The van der Waals surface area contributed by atoms with Crippen LogP contribution >= 0.6 is 0 Å². The van der Waals surface area contributed by atoms with Crippen LogP contribution in [0.15, 0.2) is 24.3 Å². The number of amides is 1. The third kappa shape index (κ3) is 4.67. The van der Waals surface area contributed by atoms with Crippen molar-refractivity contribution in [3.05, 3.63) is 29.8 Å². The van der Waals surface area contributed by atoms with E-state index in [-0.39, 0.29) is 5.91 Å². The van der Waals surface area contributed by atoms with Gasteiger partial charge in [0.1, 0.15) is 0 Å². The molecule has 132 valence electrons. The van der Waals surface area contributed by atoms with Crippen molar-refractivity contribution >= 4 is 22.4 Å². The summed E-state index contributed by atoms with van der Waals surface area (Å²) in [6.45, 7) is 0.507. The molecular formula is C19H27NO3S. The van der Waals surface area contributed by atoms with Gasteiger partial charge in [0.15, 0.2) is 0 Å². The molecule has 1 N–H and O–H groups in total. The van der Waals surface area contributed by atoms with Crippen molar-refractivity contribution in [2.45, 2.75) is 37.9 Å². The molecule has 0 heterocycles. The summed E-state index contributed by atoms with van der Waals surface area (Å²) in [5, 5.41) is 3.02. The highest BCUT2D eigenvalue weighted by molar-refractivity contribution is 7.84. The van der Waals surface area contributed by atoms with Crippen LogP contribution < -0.4 is 5.32 Å². The first-order valence-electron chi connectivity index (χ1n) is 8.86. The summed E-state index contributed by atoms with van der Waals surface area (Å²) in [6.07, 6.45) is 5.89. The van der Waals surface area contributed by atoms with E-state index in [1.807, 2.05) is 24.3 Å². The Morgan fingerprint density at radius 2 is 2.21 bits per heavy atom. The van der Waals surface area contributed by atoms with Crippen molar-refractivity contribution in [3.63, 3.8) is 0 Å². The maximum atomic E-state index is 12.3. The highest BCUT2D eigenvalue weighted by Gasteiger charge is 2.40. The molecule has 0 saturated heterocycles. The van der Waals surface area contributed by atoms with Crippen LogP contribution in [0, 0.1) is 17.8 Å². The van der Waals surface area contributed by atoms with Gasteiger partial charge in [0.2, 0.25) is 5.91 Å². The van der Waals surface area contributed by atoms with Gasteiger partial charge >= 0.3 is 0 Å². The molecule has 0 aromatic heterocycles. The number of carbonyl (C=O) groups excluding carboxylic acids is 1. The summed E-state index contributed by atoms with van der Waals surface area (Å²) in [7, 11) is 0.680. The maximum absolute atomic E-state index is 12.3. The monoisotopic (exact) mass is 349 g/mol. The summed E-state index contributed by atoms with van der Waals surface area (Å²) in [6, 6.07) is 7.70. The lowest BCUT2D eigenvalue weighted by atomic mass is 9.86. The molecule has 1 aromatic rings. The van der Waals surface area contributed by atoms with Gasteiger partial charge in [-0.2, -0.15) is 0 Å². The fourth-order valence-corrected chi connectivity index (χ4v) is 5.30. The molecule has 4 nitrogen and oxygen atoms in total. The van der Waals surface area contributed by atoms with Gasteiger partial charge < -0.3 is 10.1 Å². The predicted molar refractivity (Wildman–Crippen MR) is 97.2 cm³/mol. The SMILES string of the molecule is COCC[S@](=O)Cc1cccc(NC(=O)C[C@@H]2C[C@H]3CC[C@H]2C3)c1. The van der Waals surface area contributed by atoms with Gasteiger partial charge in [-0.15, -0.1) is 0 Å². The Hall–Kier alpha value is -1.20. The Kier molecular flexibility index (Phi) is 6.06. The van der Waals surface area contributed by atoms with E-state index in [0.717, 1.165) is 23.1 Å². The van der Waals surface area contributed by atoms with Gasteiger partial charge in [-0.3, -0.25) is 9.00 Å². The highest BCUT2D eigenvalue weighted by atomic mass is 32.2. The topological polar surface area (TPSA) is 55.4 Å². The van der Waals surface area contributed by atoms with Crippen molar-refractivity contribution in [3.8, 4) is 0 Å². The molecule has 3 rings (SSSR count). The second-order valence-electron chi connectivity index (χ2n) is 7.17. The minimum absolute atomic E-state index is 0.116. The summed E-state index contributed by atoms with van der Waals surface area (Å²) < 4.78 is 16.9. The van der Waals surface area contributed by atoms with Crippen LogP contribution in [-0.4, -0.2) is 29.6 Å². The number of methoxy groups -OCH3 is 1. The molecule has 0 spiro atoms. The quantitative estimate of drug-likeness (QED) is 0.783. The van der Waals surface area contributed by atoms with Crippen LogP contribution in [0.2, 0.25) is 0 Å². The lowest BCUT2D eigenvalue weighted by molar-refractivity contribution is -0.117. The van der Waals surface area contributed by atoms with Crippen molar-refractivity contribution in [1.29, 1.82) is 0 Å². The third-order valence-corrected chi connectivity index (χ3v) is 6.66. The lowest BCUT2D eigenvalue weighted by Crippen LogP contribution is -2.20. The number of hydrogen-bond acceptors (Lipinski definition) is 3. The second kappa shape index (κ2) is 8.26. The largest absolute Gasteiger partial charge is 0.384 e. The first-order chi connectivity index (χ1) is 11.6. The van der Waals surface area contributed by atoms with E-state index in [2.05, 4.69) is 5.32 Å². The van der Waals surface area contributed by atoms with Crippen molar-refractivity contribution < 1.29 is 13.7 Å². The van der Waals surface area contributed by atoms with Gasteiger partial charge in [0.05, 0.1) is 6.61 Å². The molecule has 2 saturated carbocycles. The zero-order valence-electron chi connectivity index (χ0n) is 14.3. The molecule has 0 aliphatic heterocycles. The number of carbonyl (C=O) groups is 1. The van der Waals surface area contributed by atoms with Crippen molar-refractivity contribution in [2.75, 3.05) is 24.8 Å². The van der Waals surface area contributed by atoms with E-state index < -0.39 is 10.8 Å². The van der Waals surface area contributed by atoms with E-state index >= 15 is 0 Å². The highest BCUT2D eigenvalue weighted by Crippen LogP contribution is 2.49. The molecule has 2 aliphatic rings. The van der Waals surface area contributed by atoms with Crippen LogP contribution in [0.3, 0.4) is 0 Å². The van der Waals surface area contributed by atoms with E-state index in [1.165, 1.54) is 25.7 Å². The molecule has 0 unspecified atom stereocenters. The van der Waals surface area contributed by atoms with E-state index in [4.69, 9.17) is 4.74 Å². The molecular weight excluding hydrogens is 322 g/mol. The minimum Gasteiger partial charge on any atom is -0.384 e. The number of nitrogens with one attached hydrogen (secondary N) is 1. The molecule has 1 amide bonds. The Bertz CT molecular complexity index is 604. The van der Waals surface area contributed by atoms with Gasteiger partial charge in [-0.25, -0.2) is 0 Å². The second-order valence-corrected chi connectivity index (χ2v) is 8.75. The van der Waals surface area contributed by atoms with E-state index in [1.54, 1.807) is 7.11 Å². The number of anilines is 1. The number of benzene rings is 1. The Morgan fingerprint density at radius 1 is 1.33 bits per heavy atom. The van der Waals surface area contributed by atoms with Crippen molar-refractivity contribution in [1.82, 2.24) is 0 Å². The molecule has 0 radical (unpaired) electrons. The minimum atomic E-state index is -0.934. The Balaban J connectivity index is 1.50. The summed E-state index contributed by atoms with van der Waals surface area (Å²) >= 11 is 0. The van der Waals surface area contributed by atoms with E-state index in [0.29, 0.717) is 30.5 Å². The molecule has 2 fully saturated rings. The number of fused-ring (bicyclic) bond motifs is 2. The average molecular weight is 349 g/mol. The zero-order valence-corrected chi connectivity index (χ0v) is 15.1. The van der Waals surface area contributed by atoms with Gasteiger partial charge in [-0.05, 0) is 54.7 Å². The van der Waals surface area contributed by atoms with Gasteiger partial charge in [-0.1, -0.05) is 18.6 Å². The first kappa shape index (κ1) is 17.6. The van der Waals surface area contributed by atoms with Crippen LogP contribution in [0.4, 0.5) is 5.69 Å². The van der Waals surface area contributed by atoms with Crippen LogP contribution in [0.1, 0.15) is 37.7 Å². The van der Waals surface area contributed by atoms with Crippen LogP contribution in [-0.2, 0) is 26.1 Å². The fraction of sp³-hybridized carbons (Fsp3) is 0.632. The van der Waals surface area contributed by atoms with Crippen LogP contribution in [0.5, 0.6) is 0 Å². The maximum Gasteiger partial charge on any atom is 0.224 e. The Labute approximate surface area is 146 Å². The first-order valence-corrected chi connectivity index (χ1v) is 10.4. The Morgan fingerprint density at radius 3 is 2.92 bits per heavy atom. The summed E-state index contributed by atoms with van der Waals surface area (Å²) in [4.78, 5) is 12.3. The number of ether oxygens (including phenoxy) is 1. The molecule has 1 aromatic carbocycles. The summed E-state index contributed by atoms with van der Waals surface area (Å²) in [5.74, 6) is 3.38.